The molecule has 0 aliphatic heterocycles. The molecule has 0 spiro atoms. The Morgan fingerprint density at radius 1 is 1.35 bits per heavy atom. The third-order valence-corrected chi connectivity index (χ3v) is 3.51. The molecule has 5 heteroatoms. The molecule has 1 heterocycles. The fraction of sp³-hybridized carbons (Fsp3) is 0.250. The van der Waals surface area contributed by atoms with Gasteiger partial charge in [0.15, 0.2) is 5.82 Å². The van der Waals surface area contributed by atoms with Crippen LogP contribution in [0, 0.1) is 5.82 Å². The van der Waals surface area contributed by atoms with Gasteiger partial charge < -0.3 is 5.43 Å². The number of fused-ring (bicyclic) bond motifs is 2. The lowest BCUT2D eigenvalue weighted by atomic mass is 10.1. The molecule has 3 rings (SSSR count). The first-order valence-corrected chi connectivity index (χ1v) is 5.86. The van der Waals surface area contributed by atoms with Crippen molar-refractivity contribution < 1.29 is 4.39 Å². The lowest BCUT2D eigenvalue weighted by Gasteiger charge is -2.12. The first-order valence-electron chi connectivity index (χ1n) is 5.48. The van der Waals surface area contributed by atoms with Crippen molar-refractivity contribution in [2.24, 2.45) is 5.84 Å². The Labute approximate surface area is 103 Å². The maximum Gasteiger partial charge on any atom is 0.168 e. The largest absolute Gasteiger partial charge is 0.323 e. The van der Waals surface area contributed by atoms with Crippen molar-refractivity contribution in [3.05, 3.63) is 34.2 Å². The van der Waals surface area contributed by atoms with Crippen molar-refractivity contribution in [2.45, 2.75) is 19.3 Å². The summed E-state index contributed by atoms with van der Waals surface area (Å²) < 4.78 is 13.9. The highest BCUT2D eigenvalue weighted by Crippen LogP contribution is 2.35. The normalized spacial score (nSPS) is 14.1. The van der Waals surface area contributed by atoms with E-state index < -0.39 is 5.82 Å². The van der Waals surface area contributed by atoms with Crippen LogP contribution < -0.4 is 11.3 Å². The Morgan fingerprint density at radius 2 is 2.18 bits per heavy atom. The van der Waals surface area contributed by atoms with E-state index in [0.29, 0.717) is 10.9 Å². The summed E-state index contributed by atoms with van der Waals surface area (Å²) in [6, 6.07) is 3.28. The lowest BCUT2D eigenvalue weighted by molar-refractivity contribution is 0.636. The number of nitrogens with zero attached hydrogens (tertiary/aromatic N) is 1. The van der Waals surface area contributed by atoms with Crippen LogP contribution >= 0.6 is 11.6 Å². The van der Waals surface area contributed by atoms with Gasteiger partial charge in [0.05, 0.1) is 10.7 Å². The van der Waals surface area contributed by atoms with Crippen LogP contribution in [0.3, 0.4) is 0 Å². The number of benzene rings is 1. The van der Waals surface area contributed by atoms with Crippen LogP contribution in [0.15, 0.2) is 12.1 Å². The fourth-order valence-electron chi connectivity index (χ4n) is 2.43. The van der Waals surface area contributed by atoms with Gasteiger partial charge in [-0.2, -0.15) is 0 Å². The zero-order chi connectivity index (χ0) is 12.0. The van der Waals surface area contributed by atoms with Crippen LogP contribution in [0.25, 0.3) is 10.9 Å². The summed E-state index contributed by atoms with van der Waals surface area (Å²) in [4.78, 5) is 4.37. The highest BCUT2D eigenvalue weighted by atomic mass is 35.5. The summed E-state index contributed by atoms with van der Waals surface area (Å²) in [5, 5.41) is 0.779. The maximum atomic E-state index is 13.9. The van der Waals surface area contributed by atoms with E-state index in [-0.39, 0.29) is 5.02 Å². The molecule has 0 amide bonds. The molecule has 3 N–H and O–H groups in total. The highest BCUT2D eigenvalue weighted by Gasteiger charge is 2.21. The topological polar surface area (TPSA) is 50.9 Å². The van der Waals surface area contributed by atoms with E-state index >= 15 is 0 Å². The SMILES string of the molecule is NNc1c2c(nc3c(F)c(Cl)ccc13)CCC2. The number of hydrogen-bond acceptors (Lipinski definition) is 3. The summed E-state index contributed by atoms with van der Waals surface area (Å²) in [6.45, 7) is 0. The average molecular weight is 252 g/mol. The number of rotatable bonds is 1. The van der Waals surface area contributed by atoms with Crippen LogP contribution in [0.1, 0.15) is 17.7 Å². The molecule has 1 aliphatic rings. The van der Waals surface area contributed by atoms with Crippen molar-refractivity contribution in [3.63, 3.8) is 0 Å². The first kappa shape index (κ1) is 10.7. The van der Waals surface area contributed by atoms with Crippen molar-refractivity contribution in [1.82, 2.24) is 4.98 Å². The molecule has 17 heavy (non-hydrogen) atoms. The number of halogens is 2. The van der Waals surface area contributed by atoms with Gasteiger partial charge in [-0.3, -0.25) is 5.84 Å². The second-order valence-corrected chi connectivity index (χ2v) is 4.57. The molecule has 1 aromatic heterocycles. The van der Waals surface area contributed by atoms with Gasteiger partial charge in [0.25, 0.3) is 0 Å². The Kier molecular flexibility index (Phi) is 2.42. The number of nitrogens with two attached hydrogens (primary N) is 1. The van der Waals surface area contributed by atoms with E-state index in [9.17, 15) is 4.39 Å². The molecule has 0 unspecified atom stereocenters. The molecule has 0 saturated heterocycles. The lowest BCUT2D eigenvalue weighted by Crippen LogP contribution is -2.11. The van der Waals surface area contributed by atoms with Crippen LogP contribution in [0.2, 0.25) is 5.02 Å². The minimum atomic E-state index is -0.477. The summed E-state index contributed by atoms with van der Waals surface area (Å²) in [6.07, 6.45) is 2.83. The van der Waals surface area contributed by atoms with Crippen LogP contribution in [-0.2, 0) is 12.8 Å². The number of aryl methyl sites for hydroxylation is 1. The van der Waals surface area contributed by atoms with Gasteiger partial charge in [-0.05, 0) is 37.0 Å². The number of hydrazine groups is 1. The predicted octanol–water partition coefficient (Wildman–Crippen LogP) is 2.80. The van der Waals surface area contributed by atoms with E-state index in [1.54, 1.807) is 6.07 Å². The van der Waals surface area contributed by atoms with Crippen LogP contribution in [0.5, 0.6) is 0 Å². The van der Waals surface area contributed by atoms with Gasteiger partial charge in [0.1, 0.15) is 5.52 Å². The first-order chi connectivity index (χ1) is 8.22. The minimum absolute atomic E-state index is 0.0888. The minimum Gasteiger partial charge on any atom is -0.323 e. The Bertz CT molecular complexity index is 612. The molecule has 0 saturated carbocycles. The molecule has 2 aromatic rings. The van der Waals surface area contributed by atoms with E-state index in [1.165, 1.54) is 6.07 Å². The molecule has 0 atom stereocenters. The van der Waals surface area contributed by atoms with Gasteiger partial charge in [-0.15, -0.1) is 0 Å². The fourth-order valence-corrected chi connectivity index (χ4v) is 2.59. The van der Waals surface area contributed by atoms with Crippen molar-refractivity contribution in [3.8, 4) is 0 Å². The van der Waals surface area contributed by atoms with Crippen molar-refractivity contribution in [2.75, 3.05) is 5.43 Å². The number of hydrogen-bond donors (Lipinski definition) is 2. The van der Waals surface area contributed by atoms with Crippen LogP contribution in [0.4, 0.5) is 10.1 Å². The summed E-state index contributed by atoms with van der Waals surface area (Å²) in [5.41, 5.74) is 5.76. The summed E-state index contributed by atoms with van der Waals surface area (Å²) in [5.74, 6) is 5.07. The van der Waals surface area contributed by atoms with E-state index in [1.807, 2.05) is 0 Å². The number of aromatic nitrogens is 1. The molecule has 0 bridgehead atoms. The third-order valence-electron chi connectivity index (χ3n) is 3.22. The molecule has 88 valence electrons. The average Bonchev–Trinajstić information content (AvgIpc) is 2.79. The van der Waals surface area contributed by atoms with Gasteiger partial charge >= 0.3 is 0 Å². The monoisotopic (exact) mass is 251 g/mol. The van der Waals surface area contributed by atoms with Gasteiger partial charge in [-0.25, -0.2) is 9.37 Å². The number of nitrogen functional groups attached to an aromatic ring is 1. The van der Waals surface area contributed by atoms with Crippen molar-refractivity contribution >= 4 is 28.2 Å². The maximum absolute atomic E-state index is 13.9. The molecule has 0 fully saturated rings. The Balaban J connectivity index is 2.44. The zero-order valence-electron chi connectivity index (χ0n) is 9.06. The van der Waals surface area contributed by atoms with E-state index in [2.05, 4.69) is 10.4 Å². The van der Waals surface area contributed by atoms with Gasteiger partial charge in [-0.1, -0.05) is 11.6 Å². The van der Waals surface area contributed by atoms with E-state index in [4.69, 9.17) is 17.4 Å². The second kappa shape index (κ2) is 3.82. The number of nitrogens with one attached hydrogen (secondary N) is 1. The number of anilines is 1. The van der Waals surface area contributed by atoms with E-state index in [0.717, 1.165) is 36.2 Å². The highest BCUT2D eigenvalue weighted by molar-refractivity contribution is 6.31. The zero-order valence-corrected chi connectivity index (χ0v) is 9.81. The predicted molar refractivity (Wildman–Crippen MR) is 66.5 cm³/mol. The van der Waals surface area contributed by atoms with Gasteiger partial charge in [0, 0.05) is 11.1 Å². The third kappa shape index (κ3) is 1.48. The quantitative estimate of drug-likeness (QED) is 0.605. The molecular weight excluding hydrogens is 241 g/mol. The molecule has 3 nitrogen and oxygen atoms in total. The standard InChI is InChI=1S/C12H11ClFN3/c13-8-5-4-7-11(17-15)6-2-1-3-9(6)16-12(7)10(8)14/h4-5H,1-3,15H2,(H,16,17). The summed E-state index contributed by atoms with van der Waals surface area (Å²) in [7, 11) is 0. The molecule has 0 radical (unpaired) electrons. The smallest absolute Gasteiger partial charge is 0.168 e. The Hall–Kier alpha value is -1.39. The van der Waals surface area contributed by atoms with Crippen molar-refractivity contribution in [1.29, 1.82) is 0 Å². The molecule has 1 aliphatic carbocycles. The Morgan fingerprint density at radius 3 is 2.94 bits per heavy atom. The van der Waals surface area contributed by atoms with Gasteiger partial charge in [0.2, 0.25) is 0 Å². The molecule has 1 aromatic carbocycles. The second-order valence-electron chi connectivity index (χ2n) is 4.17. The summed E-state index contributed by atoms with van der Waals surface area (Å²) >= 11 is 5.77. The number of pyridine rings is 1. The van der Waals surface area contributed by atoms with Crippen LogP contribution in [-0.4, -0.2) is 4.98 Å². The molecular formula is C12H11ClFN3.